The van der Waals surface area contributed by atoms with Crippen LogP contribution in [-0.4, -0.2) is 49.7 Å². The number of benzene rings is 1. The van der Waals surface area contributed by atoms with Gasteiger partial charge in [-0.15, -0.1) is 0 Å². The normalized spacial score (nSPS) is 21.8. The lowest BCUT2D eigenvalue weighted by atomic mass is 9.95. The first kappa shape index (κ1) is 17.6. The number of carbonyl (C=O) groups excluding carboxylic acids is 2. The molecule has 2 aliphatic rings. The highest BCUT2D eigenvalue weighted by Gasteiger charge is 2.46. The van der Waals surface area contributed by atoms with Crippen molar-refractivity contribution in [1.29, 1.82) is 0 Å². The fourth-order valence-corrected chi connectivity index (χ4v) is 4.01. The third kappa shape index (κ3) is 3.57. The summed E-state index contributed by atoms with van der Waals surface area (Å²) in [5.41, 5.74) is 0.430. The Morgan fingerprint density at radius 1 is 1.16 bits per heavy atom. The van der Waals surface area contributed by atoms with Gasteiger partial charge in [0.15, 0.2) is 0 Å². The average molecular weight is 346 g/mol. The first-order valence-electron chi connectivity index (χ1n) is 8.87. The van der Waals surface area contributed by atoms with Crippen LogP contribution in [0.1, 0.15) is 43.6 Å². The van der Waals surface area contributed by atoms with Gasteiger partial charge in [0, 0.05) is 19.0 Å². The van der Waals surface area contributed by atoms with E-state index < -0.39 is 11.6 Å². The molecular weight excluding hydrogens is 320 g/mol. The highest BCUT2D eigenvalue weighted by atomic mass is 16.5. The van der Waals surface area contributed by atoms with E-state index >= 15 is 0 Å². The zero-order valence-electron chi connectivity index (χ0n) is 14.9. The molecule has 1 saturated carbocycles. The zero-order chi connectivity index (χ0) is 17.9. The van der Waals surface area contributed by atoms with E-state index in [9.17, 15) is 9.59 Å². The molecule has 0 bridgehead atoms. The highest BCUT2D eigenvalue weighted by Crippen LogP contribution is 2.35. The van der Waals surface area contributed by atoms with Crippen LogP contribution in [0, 0.1) is 0 Å². The van der Waals surface area contributed by atoms with E-state index in [0.29, 0.717) is 25.3 Å². The summed E-state index contributed by atoms with van der Waals surface area (Å²) < 4.78 is 9.93. The van der Waals surface area contributed by atoms with Crippen molar-refractivity contribution in [1.82, 2.24) is 10.2 Å². The summed E-state index contributed by atoms with van der Waals surface area (Å²) >= 11 is 0. The Morgan fingerprint density at radius 3 is 2.44 bits per heavy atom. The Balaban J connectivity index is 1.69. The maximum atomic E-state index is 13.1. The molecule has 0 unspecified atom stereocenters. The number of likely N-dealkylation sites (tertiary alicyclic amines) is 1. The zero-order valence-corrected chi connectivity index (χ0v) is 14.9. The van der Waals surface area contributed by atoms with Gasteiger partial charge in [-0.2, -0.15) is 0 Å². The van der Waals surface area contributed by atoms with Crippen molar-refractivity contribution in [3.05, 3.63) is 29.8 Å². The maximum absolute atomic E-state index is 13.1. The van der Waals surface area contributed by atoms with Gasteiger partial charge in [0.2, 0.25) is 5.91 Å². The summed E-state index contributed by atoms with van der Waals surface area (Å²) in [5, 5.41) is 2.82. The van der Waals surface area contributed by atoms with Gasteiger partial charge in [0.05, 0.1) is 14.2 Å². The fraction of sp³-hybridized carbons (Fsp3) is 0.579. The number of ether oxygens (including phenoxy) is 2. The molecule has 3 rings (SSSR count). The molecule has 136 valence electrons. The summed E-state index contributed by atoms with van der Waals surface area (Å²) in [4.78, 5) is 26.8. The van der Waals surface area contributed by atoms with E-state index in [-0.39, 0.29) is 5.91 Å². The Hall–Kier alpha value is -2.24. The summed E-state index contributed by atoms with van der Waals surface area (Å²) in [6.07, 6.45) is 3.68. The molecule has 0 radical (unpaired) electrons. The van der Waals surface area contributed by atoms with E-state index in [1.807, 2.05) is 17.0 Å². The SMILES string of the molecule is COC(=O)NC1(C(=O)N2CC[C@@H](c3ccc(OC)cc3)C2)CCCC1. The van der Waals surface area contributed by atoms with Gasteiger partial charge in [-0.05, 0) is 37.0 Å². The van der Waals surface area contributed by atoms with Gasteiger partial charge in [-0.3, -0.25) is 4.79 Å². The fourth-order valence-electron chi connectivity index (χ4n) is 4.01. The maximum Gasteiger partial charge on any atom is 0.407 e. The van der Waals surface area contributed by atoms with Crippen LogP contribution in [0.5, 0.6) is 5.75 Å². The lowest BCUT2D eigenvalue weighted by Gasteiger charge is -2.32. The third-order valence-corrected chi connectivity index (χ3v) is 5.46. The number of hydrogen-bond donors (Lipinski definition) is 1. The number of methoxy groups -OCH3 is 2. The van der Waals surface area contributed by atoms with Crippen LogP contribution >= 0.6 is 0 Å². The molecule has 1 N–H and O–H groups in total. The quantitative estimate of drug-likeness (QED) is 0.910. The van der Waals surface area contributed by atoms with E-state index in [1.165, 1.54) is 12.7 Å². The minimum absolute atomic E-state index is 0.0337. The van der Waals surface area contributed by atoms with Crippen LogP contribution in [0.15, 0.2) is 24.3 Å². The second-order valence-corrected chi connectivity index (χ2v) is 6.92. The van der Waals surface area contributed by atoms with E-state index in [4.69, 9.17) is 9.47 Å². The van der Waals surface area contributed by atoms with Crippen molar-refractivity contribution >= 4 is 12.0 Å². The number of carbonyl (C=O) groups is 2. The van der Waals surface area contributed by atoms with Crippen LogP contribution in [0.2, 0.25) is 0 Å². The molecule has 25 heavy (non-hydrogen) atoms. The van der Waals surface area contributed by atoms with Gasteiger partial charge < -0.3 is 19.7 Å². The number of amides is 2. The molecule has 1 heterocycles. The average Bonchev–Trinajstić information content (AvgIpc) is 3.31. The summed E-state index contributed by atoms with van der Waals surface area (Å²) in [5.74, 6) is 1.19. The van der Waals surface area contributed by atoms with Crippen molar-refractivity contribution in [2.24, 2.45) is 0 Å². The number of hydrogen-bond acceptors (Lipinski definition) is 4. The largest absolute Gasteiger partial charge is 0.497 e. The van der Waals surface area contributed by atoms with Crippen molar-refractivity contribution in [2.75, 3.05) is 27.3 Å². The molecule has 2 amide bonds. The number of nitrogens with zero attached hydrogens (tertiary/aromatic N) is 1. The molecule has 2 fully saturated rings. The van der Waals surface area contributed by atoms with Gasteiger partial charge in [0.25, 0.3) is 0 Å². The molecule has 6 heteroatoms. The molecule has 6 nitrogen and oxygen atoms in total. The van der Waals surface area contributed by atoms with Crippen molar-refractivity contribution in [3.8, 4) is 5.75 Å². The van der Waals surface area contributed by atoms with Crippen LogP contribution in [-0.2, 0) is 9.53 Å². The number of alkyl carbamates (subject to hydrolysis) is 1. The molecule has 1 aliphatic carbocycles. The highest BCUT2D eigenvalue weighted by molar-refractivity contribution is 5.90. The van der Waals surface area contributed by atoms with Crippen LogP contribution in [0.4, 0.5) is 4.79 Å². The van der Waals surface area contributed by atoms with Crippen LogP contribution < -0.4 is 10.1 Å². The van der Waals surface area contributed by atoms with E-state index in [2.05, 4.69) is 17.4 Å². The Labute approximate surface area is 148 Å². The standard InChI is InChI=1S/C19H26N2O4/c1-24-16-7-5-14(6-8-16)15-9-12-21(13-15)17(22)19(10-3-4-11-19)20-18(23)25-2/h5-8,15H,3-4,9-13H2,1-2H3,(H,20,23)/t15-/m1/s1. The predicted molar refractivity (Wildman–Crippen MR) is 93.7 cm³/mol. The second kappa shape index (κ2) is 7.33. The van der Waals surface area contributed by atoms with E-state index in [0.717, 1.165) is 31.6 Å². The smallest absolute Gasteiger partial charge is 0.407 e. The van der Waals surface area contributed by atoms with Crippen LogP contribution in [0.3, 0.4) is 0 Å². The van der Waals surface area contributed by atoms with Gasteiger partial charge in [-0.25, -0.2) is 4.79 Å². The van der Waals surface area contributed by atoms with Crippen molar-refractivity contribution in [3.63, 3.8) is 0 Å². The molecule has 1 aliphatic heterocycles. The minimum Gasteiger partial charge on any atom is -0.497 e. The lowest BCUT2D eigenvalue weighted by Crippen LogP contribution is -2.57. The van der Waals surface area contributed by atoms with Crippen LogP contribution in [0.25, 0.3) is 0 Å². The van der Waals surface area contributed by atoms with Crippen molar-refractivity contribution in [2.45, 2.75) is 43.6 Å². The number of rotatable bonds is 4. The van der Waals surface area contributed by atoms with E-state index in [1.54, 1.807) is 7.11 Å². The summed E-state index contributed by atoms with van der Waals surface area (Å²) in [6, 6.07) is 8.04. The Morgan fingerprint density at radius 2 is 1.84 bits per heavy atom. The lowest BCUT2D eigenvalue weighted by molar-refractivity contribution is -0.137. The molecule has 0 spiro atoms. The molecule has 1 atom stereocenters. The van der Waals surface area contributed by atoms with Gasteiger partial charge in [0.1, 0.15) is 11.3 Å². The number of nitrogens with one attached hydrogen (secondary N) is 1. The molecular formula is C19H26N2O4. The van der Waals surface area contributed by atoms with Gasteiger partial charge in [-0.1, -0.05) is 25.0 Å². The minimum atomic E-state index is -0.790. The Bertz CT molecular complexity index is 623. The monoisotopic (exact) mass is 346 g/mol. The predicted octanol–water partition coefficient (Wildman–Crippen LogP) is 2.68. The third-order valence-electron chi connectivity index (χ3n) is 5.46. The summed E-state index contributed by atoms with van der Waals surface area (Å²) in [7, 11) is 2.98. The molecule has 1 saturated heterocycles. The van der Waals surface area contributed by atoms with Crippen molar-refractivity contribution < 1.29 is 19.1 Å². The molecule has 1 aromatic carbocycles. The Kier molecular flexibility index (Phi) is 5.16. The molecule has 0 aromatic heterocycles. The molecule has 1 aromatic rings. The van der Waals surface area contributed by atoms with Gasteiger partial charge >= 0.3 is 6.09 Å². The summed E-state index contributed by atoms with van der Waals surface area (Å²) in [6.45, 7) is 1.41. The topological polar surface area (TPSA) is 67.9 Å². The first-order chi connectivity index (χ1) is 12.1. The second-order valence-electron chi connectivity index (χ2n) is 6.92. The first-order valence-corrected chi connectivity index (χ1v) is 8.87.